The molecule has 2 aliphatic heterocycles. The number of benzene rings is 2. The molecule has 0 spiro atoms. The highest BCUT2D eigenvalue weighted by molar-refractivity contribution is 6.27. The van der Waals surface area contributed by atoms with Gasteiger partial charge in [0, 0.05) is 30.8 Å². The third-order valence-corrected chi connectivity index (χ3v) is 9.39. The fourth-order valence-corrected chi connectivity index (χ4v) is 7.98. The molecule has 2 bridgehead atoms. The molecule has 2 saturated heterocycles. The molecule has 1 saturated carbocycles. The quantitative estimate of drug-likeness (QED) is 0.270. The van der Waals surface area contributed by atoms with Crippen LogP contribution in [0.5, 0.6) is 11.5 Å². The molecule has 12 heteroatoms. The smallest absolute Gasteiger partial charge is 0.334 e. The lowest BCUT2D eigenvalue weighted by atomic mass is 9.43. The molecule has 0 N–H and O–H groups in total. The van der Waals surface area contributed by atoms with Crippen molar-refractivity contribution in [1.82, 2.24) is 0 Å². The number of esters is 3. The Balaban J connectivity index is 1.45. The van der Waals surface area contributed by atoms with Crippen molar-refractivity contribution in [3.63, 3.8) is 0 Å². The first-order chi connectivity index (χ1) is 21.3. The molecule has 3 fully saturated rings. The molecule has 2 aromatic carbocycles. The summed E-state index contributed by atoms with van der Waals surface area (Å²) in [6.07, 6.45) is 0. The zero-order valence-electron chi connectivity index (χ0n) is 25.2. The molecular formula is C33H30N2O10. The molecule has 0 aromatic heterocycles. The third-order valence-electron chi connectivity index (χ3n) is 9.39. The number of ether oxygens (including phenoxy) is 3. The minimum atomic E-state index is -1.56. The molecule has 2 heterocycles. The van der Waals surface area contributed by atoms with Crippen LogP contribution in [-0.4, -0.2) is 48.1 Å². The lowest BCUT2D eigenvalue weighted by molar-refractivity contribution is -0.155. The fourth-order valence-electron chi connectivity index (χ4n) is 7.98. The first kappa shape index (κ1) is 29.9. The number of carbonyl (C=O) groups is 7. The lowest BCUT2D eigenvalue weighted by Crippen LogP contribution is -2.61. The van der Waals surface area contributed by atoms with Gasteiger partial charge in [0.15, 0.2) is 0 Å². The fraction of sp³-hybridized carbons (Fsp3) is 0.364. The second-order valence-electron chi connectivity index (χ2n) is 11.8. The molecule has 45 heavy (non-hydrogen) atoms. The Kier molecular flexibility index (Phi) is 6.98. The predicted octanol–water partition coefficient (Wildman–Crippen LogP) is 2.98. The van der Waals surface area contributed by atoms with Gasteiger partial charge < -0.3 is 14.2 Å². The van der Waals surface area contributed by atoms with Crippen LogP contribution in [0, 0.1) is 35.0 Å². The van der Waals surface area contributed by atoms with E-state index < -0.39 is 76.5 Å². The van der Waals surface area contributed by atoms with Crippen LogP contribution in [-0.2, 0) is 38.3 Å². The zero-order valence-corrected chi connectivity index (χ0v) is 25.2. The van der Waals surface area contributed by atoms with Crippen LogP contribution in [0.4, 0.5) is 11.4 Å². The maximum absolute atomic E-state index is 14.3. The number of rotatable bonds is 6. The summed E-state index contributed by atoms with van der Waals surface area (Å²) < 4.78 is 15.6. The SMILES string of the molecule is CCOC(=O)C1=C(C)C2[C@H]3C(=O)N(c4ccc(OC(C)=O)cc4)C(=O)[C@@H]3C1(C)[C@@H]1C(=O)N(c3ccc(OC(C)=O)cc3)C(=O)[C@@H]21. The van der Waals surface area contributed by atoms with Crippen LogP contribution >= 0.6 is 0 Å². The molecule has 5 aliphatic rings. The van der Waals surface area contributed by atoms with Gasteiger partial charge in [0.1, 0.15) is 11.5 Å². The van der Waals surface area contributed by atoms with Crippen LogP contribution in [0.25, 0.3) is 0 Å². The summed E-state index contributed by atoms with van der Waals surface area (Å²) in [5, 5.41) is 0. The molecule has 12 nitrogen and oxygen atoms in total. The van der Waals surface area contributed by atoms with Gasteiger partial charge in [-0.05, 0) is 62.4 Å². The van der Waals surface area contributed by atoms with Crippen molar-refractivity contribution in [1.29, 1.82) is 0 Å². The van der Waals surface area contributed by atoms with Gasteiger partial charge in [0.25, 0.3) is 0 Å². The van der Waals surface area contributed by atoms with E-state index in [2.05, 4.69) is 0 Å². The van der Waals surface area contributed by atoms with Gasteiger partial charge in [0.05, 0.1) is 41.7 Å². The molecular weight excluding hydrogens is 584 g/mol. The maximum Gasteiger partial charge on any atom is 0.334 e. The van der Waals surface area contributed by atoms with Crippen molar-refractivity contribution >= 4 is 52.9 Å². The monoisotopic (exact) mass is 614 g/mol. The summed E-state index contributed by atoms with van der Waals surface area (Å²) in [7, 11) is 0. The Morgan fingerprint density at radius 3 is 1.44 bits per heavy atom. The van der Waals surface area contributed by atoms with Crippen molar-refractivity contribution in [2.75, 3.05) is 16.4 Å². The van der Waals surface area contributed by atoms with Gasteiger partial charge >= 0.3 is 17.9 Å². The highest BCUT2D eigenvalue weighted by Gasteiger charge is 2.77. The largest absolute Gasteiger partial charge is 0.463 e. The van der Waals surface area contributed by atoms with Crippen LogP contribution in [0.2, 0.25) is 0 Å². The standard InChI is InChI=1S/C33H30N2O10/c1-6-43-32(42)25-15(2)22-23-26(30(40)34(28(23)38)18-7-11-20(12-8-18)44-16(3)36)33(25,5)27-24(22)29(39)35(31(27)41)19-9-13-21(14-10-19)45-17(4)37/h7-14,22-24,26-27H,6H2,1-5H3/t22?,23-,24+,26-,27+,33?. The van der Waals surface area contributed by atoms with Gasteiger partial charge in [-0.15, -0.1) is 0 Å². The number of nitrogens with zero attached hydrogens (tertiary/aromatic N) is 2. The second-order valence-corrected chi connectivity index (χ2v) is 11.8. The number of allylic oxidation sites excluding steroid dienone is 1. The summed E-state index contributed by atoms with van der Waals surface area (Å²) in [5.74, 6) is -8.83. The number of hydrogen-bond acceptors (Lipinski definition) is 10. The Bertz CT molecular complexity index is 1620. The van der Waals surface area contributed by atoms with Gasteiger partial charge in [0.2, 0.25) is 23.6 Å². The van der Waals surface area contributed by atoms with Gasteiger partial charge in [-0.2, -0.15) is 0 Å². The van der Waals surface area contributed by atoms with Crippen molar-refractivity contribution in [2.45, 2.75) is 34.6 Å². The minimum Gasteiger partial charge on any atom is -0.463 e. The van der Waals surface area contributed by atoms with Crippen LogP contribution in [0.15, 0.2) is 59.7 Å². The Morgan fingerprint density at radius 1 is 0.689 bits per heavy atom. The third kappa shape index (κ3) is 4.22. The van der Waals surface area contributed by atoms with E-state index >= 15 is 0 Å². The van der Waals surface area contributed by atoms with E-state index in [0.29, 0.717) is 5.57 Å². The number of imide groups is 2. The minimum absolute atomic E-state index is 0.0416. The first-order valence-electron chi connectivity index (χ1n) is 14.5. The van der Waals surface area contributed by atoms with Crippen LogP contribution in [0.1, 0.15) is 34.6 Å². The van der Waals surface area contributed by atoms with Crippen molar-refractivity contribution in [3.05, 3.63) is 59.7 Å². The topological polar surface area (TPSA) is 154 Å². The molecule has 3 aliphatic carbocycles. The normalized spacial score (nSPS) is 28.3. The average molecular weight is 615 g/mol. The summed E-state index contributed by atoms with van der Waals surface area (Å²) in [5.41, 5.74) is -0.520. The first-order valence-corrected chi connectivity index (χ1v) is 14.5. The van der Waals surface area contributed by atoms with Crippen molar-refractivity contribution in [2.24, 2.45) is 35.0 Å². The summed E-state index contributed by atoms with van der Waals surface area (Å²) in [6, 6.07) is 11.7. The summed E-state index contributed by atoms with van der Waals surface area (Å²) >= 11 is 0. The van der Waals surface area contributed by atoms with Gasteiger partial charge in [-0.3, -0.25) is 38.6 Å². The van der Waals surface area contributed by atoms with E-state index in [9.17, 15) is 33.6 Å². The molecule has 2 unspecified atom stereocenters. The number of amides is 4. The number of anilines is 2. The molecule has 4 amide bonds. The van der Waals surface area contributed by atoms with E-state index in [1.165, 1.54) is 62.4 Å². The molecule has 0 radical (unpaired) electrons. The van der Waals surface area contributed by atoms with E-state index in [1.54, 1.807) is 20.8 Å². The Hall–Kier alpha value is -5.13. The average Bonchev–Trinajstić information content (AvgIpc) is 3.39. The summed E-state index contributed by atoms with van der Waals surface area (Å²) in [6.45, 7) is 7.43. The molecule has 2 aromatic rings. The predicted molar refractivity (Wildman–Crippen MR) is 155 cm³/mol. The van der Waals surface area contributed by atoms with Crippen molar-refractivity contribution in [3.8, 4) is 11.5 Å². The van der Waals surface area contributed by atoms with Gasteiger partial charge in [-0.25, -0.2) is 4.79 Å². The zero-order chi connectivity index (χ0) is 32.5. The number of carbonyl (C=O) groups excluding carboxylic acids is 7. The maximum atomic E-state index is 14.3. The summed E-state index contributed by atoms with van der Waals surface area (Å²) in [4.78, 5) is 95.2. The molecule has 6 atom stereocenters. The highest BCUT2D eigenvalue weighted by atomic mass is 16.5. The molecule has 7 rings (SSSR count). The van der Waals surface area contributed by atoms with Gasteiger partial charge in [-0.1, -0.05) is 12.5 Å². The van der Waals surface area contributed by atoms with E-state index in [4.69, 9.17) is 14.2 Å². The van der Waals surface area contributed by atoms with Crippen LogP contribution in [0.3, 0.4) is 0 Å². The molecule has 232 valence electrons. The van der Waals surface area contributed by atoms with E-state index in [-0.39, 0.29) is 35.1 Å². The highest BCUT2D eigenvalue weighted by Crippen LogP contribution is 2.68. The Morgan fingerprint density at radius 2 is 1.09 bits per heavy atom. The lowest BCUT2D eigenvalue weighted by Gasteiger charge is -2.55. The van der Waals surface area contributed by atoms with E-state index in [0.717, 1.165) is 9.80 Å². The van der Waals surface area contributed by atoms with E-state index in [1.807, 2.05) is 0 Å². The number of hydrogen-bond donors (Lipinski definition) is 0. The second kappa shape index (κ2) is 10.5. The Labute approximate surface area is 257 Å². The van der Waals surface area contributed by atoms with Crippen LogP contribution < -0.4 is 19.3 Å². The van der Waals surface area contributed by atoms with Crippen molar-refractivity contribution < 1.29 is 47.8 Å².